The number of aliphatic hydroxyl groups excluding tert-OH is 1. The highest BCUT2D eigenvalue weighted by molar-refractivity contribution is 5.62. The Morgan fingerprint density at radius 2 is 1.67 bits per heavy atom. The van der Waals surface area contributed by atoms with Crippen LogP contribution in [-0.4, -0.2) is 38.5 Å². The number of hydrogen-bond acceptors (Lipinski definition) is 4. The molecule has 0 saturated heterocycles. The minimum atomic E-state index is -0.329. The summed E-state index contributed by atoms with van der Waals surface area (Å²) in [6.45, 7) is 6.07. The average Bonchev–Trinajstić information content (AvgIpc) is 2.37. The highest BCUT2D eigenvalue weighted by Gasteiger charge is 2.25. The zero-order valence-corrected chi connectivity index (χ0v) is 12.1. The first-order valence-corrected chi connectivity index (χ1v) is 5.94. The molecule has 0 spiro atoms. The van der Waals surface area contributed by atoms with Crippen LogP contribution in [0.3, 0.4) is 0 Å². The molecule has 1 N–H and O–H groups in total. The fourth-order valence-corrected chi connectivity index (χ4v) is 1.76. The molecule has 0 radical (unpaired) electrons. The summed E-state index contributed by atoms with van der Waals surface area (Å²) in [5, 5.41) is 9.45. The van der Waals surface area contributed by atoms with Gasteiger partial charge < -0.3 is 19.5 Å². The van der Waals surface area contributed by atoms with Gasteiger partial charge in [0.15, 0.2) is 11.5 Å². The summed E-state index contributed by atoms with van der Waals surface area (Å²) in [4.78, 5) is 2.05. The van der Waals surface area contributed by atoms with Gasteiger partial charge in [-0.1, -0.05) is 0 Å². The minimum Gasteiger partial charge on any atom is -0.493 e. The van der Waals surface area contributed by atoms with Gasteiger partial charge in [-0.15, -0.1) is 0 Å². The van der Waals surface area contributed by atoms with Gasteiger partial charge in [-0.05, 0) is 32.4 Å². The summed E-state index contributed by atoms with van der Waals surface area (Å²) >= 11 is 0. The molecule has 0 aliphatic heterocycles. The first kappa shape index (κ1) is 14.6. The number of aliphatic hydroxyl groups is 1. The van der Waals surface area contributed by atoms with E-state index >= 15 is 0 Å². The summed E-state index contributed by atoms with van der Waals surface area (Å²) < 4.78 is 10.6. The van der Waals surface area contributed by atoms with Crippen molar-refractivity contribution < 1.29 is 14.6 Å². The van der Waals surface area contributed by atoms with Gasteiger partial charge in [0.05, 0.1) is 26.4 Å². The van der Waals surface area contributed by atoms with Crippen molar-refractivity contribution in [3.63, 3.8) is 0 Å². The van der Waals surface area contributed by atoms with Crippen LogP contribution in [0, 0.1) is 6.92 Å². The zero-order valence-electron chi connectivity index (χ0n) is 12.1. The fourth-order valence-electron chi connectivity index (χ4n) is 1.76. The van der Waals surface area contributed by atoms with Crippen LogP contribution in [0.25, 0.3) is 0 Å². The van der Waals surface area contributed by atoms with Crippen LogP contribution in [0.15, 0.2) is 12.1 Å². The first-order chi connectivity index (χ1) is 8.37. The van der Waals surface area contributed by atoms with Gasteiger partial charge in [0.25, 0.3) is 0 Å². The molecule has 0 fully saturated rings. The number of hydrogen-bond donors (Lipinski definition) is 1. The Bertz CT molecular complexity index is 416. The van der Waals surface area contributed by atoms with Gasteiger partial charge in [-0.3, -0.25) is 0 Å². The minimum absolute atomic E-state index is 0.0806. The maximum atomic E-state index is 9.45. The molecular weight excluding hydrogens is 230 g/mol. The zero-order chi connectivity index (χ0) is 13.9. The smallest absolute Gasteiger partial charge is 0.162 e. The van der Waals surface area contributed by atoms with Crippen molar-refractivity contribution in [3.05, 3.63) is 17.7 Å². The summed E-state index contributed by atoms with van der Waals surface area (Å²) in [6, 6.07) is 3.88. The molecule has 102 valence electrons. The molecule has 0 unspecified atom stereocenters. The molecule has 0 saturated carbocycles. The van der Waals surface area contributed by atoms with E-state index in [1.54, 1.807) is 14.2 Å². The fraction of sp³-hybridized carbons (Fsp3) is 0.571. The second kappa shape index (κ2) is 5.48. The van der Waals surface area contributed by atoms with Gasteiger partial charge in [0.1, 0.15) is 0 Å². The SMILES string of the molecule is COc1cc(C)c(N(C)C(C)(C)CO)cc1OC. The number of aryl methyl sites for hydroxylation is 1. The van der Waals surface area contributed by atoms with E-state index in [1.807, 2.05) is 44.9 Å². The Hall–Kier alpha value is -1.42. The number of benzene rings is 1. The van der Waals surface area contributed by atoms with Crippen molar-refractivity contribution in [3.8, 4) is 11.5 Å². The first-order valence-electron chi connectivity index (χ1n) is 5.94. The molecule has 1 aromatic rings. The van der Waals surface area contributed by atoms with Crippen LogP contribution in [0.5, 0.6) is 11.5 Å². The van der Waals surface area contributed by atoms with Crippen molar-refractivity contribution in [2.45, 2.75) is 26.3 Å². The Labute approximate surface area is 109 Å². The molecule has 4 heteroatoms. The van der Waals surface area contributed by atoms with Crippen LogP contribution in [0.1, 0.15) is 19.4 Å². The van der Waals surface area contributed by atoms with E-state index < -0.39 is 0 Å². The number of nitrogens with zero attached hydrogens (tertiary/aromatic N) is 1. The van der Waals surface area contributed by atoms with Crippen molar-refractivity contribution in [2.75, 3.05) is 32.8 Å². The molecule has 18 heavy (non-hydrogen) atoms. The van der Waals surface area contributed by atoms with Crippen LogP contribution < -0.4 is 14.4 Å². The second-order valence-corrected chi connectivity index (χ2v) is 5.02. The van der Waals surface area contributed by atoms with E-state index in [2.05, 4.69) is 0 Å². The van der Waals surface area contributed by atoms with Gasteiger partial charge in [0, 0.05) is 18.8 Å². The molecule has 0 aromatic heterocycles. The Kier molecular flexibility index (Phi) is 4.46. The maximum Gasteiger partial charge on any atom is 0.162 e. The standard InChI is InChI=1S/C14H23NO3/c1-10-7-12(17-5)13(18-6)8-11(10)15(4)14(2,3)9-16/h7-8,16H,9H2,1-6H3. The third kappa shape index (κ3) is 2.70. The molecule has 1 rings (SSSR count). The van der Waals surface area contributed by atoms with Crippen LogP contribution >= 0.6 is 0 Å². The lowest BCUT2D eigenvalue weighted by atomic mass is 10.0. The second-order valence-electron chi connectivity index (χ2n) is 5.02. The predicted molar refractivity (Wildman–Crippen MR) is 73.9 cm³/mol. The summed E-state index contributed by atoms with van der Waals surface area (Å²) in [5.74, 6) is 1.41. The number of rotatable bonds is 5. The average molecular weight is 253 g/mol. The van der Waals surface area contributed by atoms with Crippen LogP contribution in [-0.2, 0) is 0 Å². The van der Waals surface area contributed by atoms with Crippen LogP contribution in [0.2, 0.25) is 0 Å². The van der Waals surface area contributed by atoms with E-state index in [-0.39, 0.29) is 12.1 Å². The molecule has 0 amide bonds. The Morgan fingerprint density at radius 3 is 2.11 bits per heavy atom. The lowest BCUT2D eigenvalue weighted by molar-refractivity contribution is 0.216. The van der Waals surface area contributed by atoms with Gasteiger partial charge >= 0.3 is 0 Å². The van der Waals surface area contributed by atoms with E-state index in [4.69, 9.17) is 9.47 Å². The monoisotopic (exact) mass is 253 g/mol. The number of likely N-dealkylation sites (N-methyl/N-ethyl adjacent to an activating group) is 1. The largest absolute Gasteiger partial charge is 0.493 e. The predicted octanol–water partition coefficient (Wildman–Crippen LogP) is 2.22. The van der Waals surface area contributed by atoms with Crippen LogP contribution in [0.4, 0.5) is 5.69 Å². The quantitative estimate of drug-likeness (QED) is 0.873. The number of methoxy groups -OCH3 is 2. The van der Waals surface area contributed by atoms with E-state index in [9.17, 15) is 5.11 Å². The van der Waals surface area contributed by atoms with Gasteiger partial charge in [-0.25, -0.2) is 0 Å². The third-order valence-electron chi connectivity index (χ3n) is 3.36. The maximum absolute atomic E-state index is 9.45. The number of anilines is 1. The summed E-state index contributed by atoms with van der Waals surface area (Å²) in [6.07, 6.45) is 0. The van der Waals surface area contributed by atoms with Crippen molar-refractivity contribution in [2.24, 2.45) is 0 Å². The molecule has 1 aromatic carbocycles. The molecule has 0 heterocycles. The van der Waals surface area contributed by atoms with E-state index in [0.717, 1.165) is 11.3 Å². The van der Waals surface area contributed by atoms with Crippen molar-refractivity contribution in [1.82, 2.24) is 0 Å². The van der Waals surface area contributed by atoms with Gasteiger partial charge in [0.2, 0.25) is 0 Å². The molecular formula is C14H23NO3. The lowest BCUT2D eigenvalue weighted by Gasteiger charge is -2.37. The van der Waals surface area contributed by atoms with Crippen molar-refractivity contribution >= 4 is 5.69 Å². The summed E-state index contributed by atoms with van der Waals surface area (Å²) in [7, 11) is 5.21. The molecule has 4 nitrogen and oxygen atoms in total. The molecule has 0 aliphatic carbocycles. The molecule has 0 aliphatic rings. The van der Waals surface area contributed by atoms with E-state index in [1.165, 1.54) is 0 Å². The van der Waals surface area contributed by atoms with Crippen molar-refractivity contribution in [1.29, 1.82) is 0 Å². The Balaban J connectivity index is 3.25. The highest BCUT2D eigenvalue weighted by Crippen LogP contribution is 2.36. The highest BCUT2D eigenvalue weighted by atomic mass is 16.5. The molecule has 0 atom stereocenters. The lowest BCUT2D eigenvalue weighted by Crippen LogP contribution is -2.44. The van der Waals surface area contributed by atoms with E-state index in [0.29, 0.717) is 11.5 Å². The number of ether oxygens (including phenoxy) is 2. The van der Waals surface area contributed by atoms with Gasteiger partial charge in [-0.2, -0.15) is 0 Å². The third-order valence-corrected chi connectivity index (χ3v) is 3.36. The summed E-state index contributed by atoms with van der Waals surface area (Å²) in [5.41, 5.74) is 1.77. The normalized spacial score (nSPS) is 11.3. The Morgan fingerprint density at radius 1 is 1.17 bits per heavy atom. The molecule has 0 bridgehead atoms. The topological polar surface area (TPSA) is 41.9 Å².